The number of nitrogens with two attached hydrogens (primary N) is 2. The van der Waals surface area contributed by atoms with Crippen molar-refractivity contribution in [2.75, 3.05) is 19.7 Å². The molecule has 2 aliphatic rings. The maximum absolute atomic E-state index is 12.2. The van der Waals surface area contributed by atoms with Crippen LogP contribution < -0.4 is 27.7 Å². The van der Waals surface area contributed by atoms with Gasteiger partial charge in [0.25, 0.3) is 0 Å². The highest BCUT2D eigenvalue weighted by Crippen LogP contribution is 2.40. The average Bonchev–Trinajstić information content (AvgIpc) is 2.69. The van der Waals surface area contributed by atoms with Gasteiger partial charge >= 0.3 is 5.97 Å². The van der Waals surface area contributed by atoms with Gasteiger partial charge in [0.2, 0.25) is 6.41 Å². The Morgan fingerprint density at radius 2 is 2.04 bits per heavy atom. The van der Waals surface area contributed by atoms with Crippen molar-refractivity contribution in [1.29, 1.82) is 0 Å². The Kier molecular flexibility index (Phi) is 12.2. The molecule has 0 aromatic heterocycles. The zero-order chi connectivity index (χ0) is 20.8. The third kappa shape index (κ3) is 8.88. The maximum atomic E-state index is 12.2. The number of fused-ring (bicyclic) bond motifs is 1. The molecule has 9 heteroatoms. The van der Waals surface area contributed by atoms with Gasteiger partial charge in [-0.15, -0.1) is 0 Å². The summed E-state index contributed by atoms with van der Waals surface area (Å²) in [5.41, 5.74) is 8.00. The monoisotopic (exact) mass is 398 g/mol. The summed E-state index contributed by atoms with van der Waals surface area (Å²) in [5, 5.41) is 9.59. The second-order valence-corrected chi connectivity index (χ2v) is 7.61. The molecule has 1 aliphatic carbocycles. The van der Waals surface area contributed by atoms with E-state index in [4.69, 9.17) is 16.3 Å². The number of nitrogens with zero attached hydrogens (tertiary/aromatic N) is 1. The predicted octanol–water partition coefficient (Wildman–Crippen LogP) is 0.602. The van der Waals surface area contributed by atoms with Crippen molar-refractivity contribution in [3.8, 4) is 0 Å². The van der Waals surface area contributed by atoms with Gasteiger partial charge in [-0.05, 0) is 50.0 Å². The molecule has 0 radical (unpaired) electrons. The van der Waals surface area contributed by atoms with E-state index in [9.17, 15) is 9.59 Å². The Morgan fingerprint density at radius 1 is 1.29 bits per heavy atom. The lowest BCUT2D eigenvalue weighted by Gasteiger charge is -2.42. The number of amides is 1. The SMILES string of the molecule is CCC.NN/N=C(\N)CCC1CCC2CNC(C(=O)OCCNC=O)CC2C1. The number of carbonyl (C=O) groups is 2. The van der Waals surface area contributed by atoms with Gasteiger partial charge in [-0.2, -0.15) is 5.10 Å². The summed E-state index contributed by atoms with van der Waals surface area (Å²) < 4.78 is 5.22. The maximum Gasteiger partial charge on any atom is 0.323 e. The van der Waals surface area contributed by atoms with Gasteiger partial charge in [-0.3, -0.25) is 9.59 Å². The van der Waals surface area contributed by atoms with Crippen LogP contribution in [0.3, 0.4) is 0 Å². The van der Waals surface area contributed by atoms with E-state index in [0.717, 1.165) is 32.2 Å². The van der Waals surface area contributed by atoms with Crippen molar-refractivity contribution < 1.29 is 14.3 Å². The molecule has 0 spiro atoms. The number of hydrazone groups is 1. The van der Waals surface area contributed by atoms with Crippen molar-refractivity contribution in [3.63, 3.8) is 0 Å². The third-order valence-electron chi connectivity index (χ3n) is 5.29. The molecule has 1 amide bonds. The standard InChI is InChI=1S/C16H30N6O3.C3H8/c17-15(21-22-18)4-2-11-1-3-12-9-20-14(8-13(12)7-11)16(24)25-6-5-19-10-23;1-3-2/h10-14,20,22H,1-9,18H2,(H2,17,21)(H,19,23);3H2,1-2H3. The van der Waals surface area contributed by atoms with E-state index < -0.39 is 0 Å². The van der Waals surface area contributed by atoms with E-state index >= 15 is 0 Å². The fourth-order valence-corrected chi connectivity index (χ4v) is 3.96. The molecule has 4 atom stereocenters. The van der Waals surface area contributed by atoms with Crippen LogP contribution >= 0.6 is 0 Å². The van der Waals surface area contributed by atoms with Crippen molar-refractivity contribution in [1.82, 2.24) is 16.2 Å². The van der Waals surface area contributed by atoms with E-state index in [-0.39, 0.29) is 18.6 Å². The van der Waals surface area contributed by atoms with E-state index in [1.807, 2.05) is 0 Å². The molecular weight excluding hydrogens is 360 g/mol. The molecule has 1 heterocycles. The highest BCUT2D eigenvalue weighted by Gasteiger charge is 2.38. The largest absolute Gasteiger partial charge is 0.463 e. The quantitative estimate of drug-likeness (QED) is 0.0727. The molecule has 4 unspecified atom stereocenters. The van der Waals surface area contributed by atoms with Gasteiger partial charge in [0.1, 0.15) is 18.5 Å². The van der Waals surface area contributed by atoms with Gasteiger partial charge in [0.05, 0.1) is 6.54 Å². The van der Waals surface area contributed by atoms with Gasteiger partial charge < -0.3 is 21.1 Å². The third-order valence-corrected chi connectivity index (χ3v) is 5.29. The summed E-state index contributed by atoms with van der Waals surface area (Å²) in [7, 11) is 0. The van der Waals surface area contributed by atoms with Crippen LogP contribution in [0.25, 0.3) is 0 Å². The predicted molar refractivity (Wildman–Crippen MR) is 110 cm³/mol. The number of esters is 1. The summed E-state index contributed by atoms with van der Waals surface area (Å²) >= 11 is 0. The van der Waals surface area contributed by atoms with Crippen LogP contribution in [-0.2, 0) is 14.3 Å². The Hall–Kier alpha value is -1.87. The molecular formula is C19H38N6O3. The van der Waals surface area contributed by atoms with Crippen LogP contribution in [0, 0.1) is 17.8 Å². The van der Waals surface area contributed by atoms with Gasteiger partial charge in [-0.1, -0.05) is 26.7 Å². The molecule has 0 aromatic rings. The minimum Gasteiger partial charge on any atom is -0.463 e. The number of ether oxygens (including phenoxy) is 1. The zero-order valence-corrected chi connectivity index (χ0v) is 17.3. The topological polar surface area (TPSA) is 144 Å². The lowest BCUT2D eigenvalue weighted by atomic mass is 9.69. The Balaban J connectivity index is 0.00000122. The highest BCUT2D eigenvalue weighted by molar-refractivity contribution is 5.79. The summed E-state index contributed by atoms with van der Waals surface area (Å²) in [6, 6.07) is -0.246. The number of hydrazine groups is 1. The molecule has 28 heavy (non-hydrogen) atoms. The Labute approximate surface area is 168 Å². The van der Waals surface area contributed by atoms with Crippen molar-refractivity contribution in [3.05, 3.63) is 0 Å². The number of nitrogens with one attached hydrogen (secondary N) is 3. The first-order valence-corrected chi connectivity index (χ1v) is 10.4. The number of rotatable bonds is 9. The Bertz CT molecular complexity index is 488. The van der Waals surface area contributed by atoms with Crippen molar-refractivity contribution >= 4 is 18.2 Å². The second-order valence-electron chi connectivity index (χ2n) is 7.61. The summed E-state index contributed by atoms with van der Waals surface area (Å²) in [4.78, 5) is 22.3. The lowest BCUT2D eigenvalue weighted by Crippen LogP contribution is -2.50. The molecule has 1 aliphatic heterocycles. The van der Waals surface area contributed by atoms with Crippen LogP contribution in [0.1, 0.15) is 58.8 Å². The van der Waals surface area contributed by atoms with E-state index in [1.54, 1.807) is 0 Å². The van der Waals surface area contributed by atoms with Crippen LogP contribution in [-0.4, -0.2) is 44.0 Å². The first-order valence-electron chi connectivity index (χ1n) is 10.4. The molecule has 2 fully saturated rings. The van der Waals surface area contributed by atoms with Crippen LogP contribution in [0.2, 0.25) is 0 Å². The van der Waals surface area contributed by atoms with E-state index in [2.05, 4.69) is 35.1 Å². The molecule has 162 valence electrons. The molecule has 0 bridgehead atoms. The minimum absolute atomic E-state index is 0.209. The smallest absolute Gasteiger partial charge is 0.323 e. The van der Waals surface area contributed by atoms with Crippen LogP contribution in [0.15, 0.2) is 5.10 Å². The number of piperidine rings is 1. The fraction of sp³-hybridized carbons (Fsp3) is 0.842. The second kappa shape index (κ2) is 14.2. The first kappa shape index (κ1) is 24.2. The summed E-state index contributed by atoms with van der Waals surface area (Å²) in [6.45, 7) is 5.67. The number of carbonyl (C=O) groups excluding carboxylic acids is 2. The molecule has 1 saturated heterocycles. The fourth-order valence-electron chi connectivity index (χ4n) is 3.96. The summed E-state index contributed by atoms with van der Waals surface area (Å²) in [5.74, 6) is 7.22. The molecule has 1 saturated carbocycles. The van der Waals surface area contributed by atoms with Gasteiger partial charge in [0, 0.05) is 6.42 Å². The number of hydrogen-bond donors (Lipinski definition) is 5. The number of hydrogen-bond acceptors (Lipinski definition) is 7. The van der Waals surface area contributed by atoms with Gasteiger partial charge in [0.15, 0.2) is 0 Å². The lowest BCUT2D eigenvalue weighted by molar-refractivity contribution is -0.148. The van der Waals surface area contributed by atoms with Crippen LogP contribution in [0.4, 0.5) is 0 Å². The first-order chi connectivity index (χ1) is 13.5. The minimum atomic E-state index is -0.246. The Morgan fingerprint density at radius 3 is 2.71 bits per heavy atom. The molecule has 2 rings (SSSR count). The normalized spacial score (nSPS) is 26.9. The average molecular weight is 399 g/mol. The van der Waals surface area contributed by atoms with E-state index in [0.29, 0.717) is 36.5 Å². The van der Waals surface area contributed by atoms with Gasteiger partial charge in [-0.25, -0.2) is 11.4 Å². The van der Waals surface area contributed by atoms with E-state index in [1.165, 1.54) is 19.3 Å². The van der Waals surface area contributed by atoms with Crippen LogP contribution in [0.5, 0.6) is 0 Å². The highest BCUT2D eigenvalue weighted by atomic mass is 16.5. The molecule has 7 N–H and O–H groups in total. The number of amidine groups is 1. The molecule has 9 nitrogen and oxygen atoms in total. The molecule has 0 aromatic carbocycles. The van der Waals surface area contributed by atoms with Crippen molar-refractivity contribution in [2.45, 2.75) is 64.8 Å². The zero-order valence-electron chi connectivity index (χ0n) is 17.3. The summed E-state index contributed by atoms with van der Waals surface area (Å²) in [6.07, 6.45) is 7.89. The van der Waals surface area contributed by atoms with Crippen molar-refractivity contribution in [2.24, 2.45) is 34.4 Å².